The first-order valence-electron chi connectivity index (χ1n) is 13.3. The summed E-state index contributed by atoms with van der Waals surface area (Å²) in [6, 6.07) is 18.9. The molecule has 1 aliphatic rings. The SMILES string of the molecule is COc1ccc(S(=O)(=O)N(CC(=O)N(Cc2cccc(Br)c2)[C@@H](C)C(=O)NC2CCCC2)c2ccc(Cl)cc2)cc1. The number of sulfonamides is 1. The number of methoxy groups -OCH3 is 1. The number of amides is 2. The lowest BCUT2D eigenvalue weighted by Crippen LogP contribution is -2.52. The average Bonchev–Trinajstić information content (AvgIpc) is 3.48. The van der Waals surface area contributed by atoms with Gasteiger partial charge in [-0.25, -0.2) is 8.42 Å². The molecule has 8 nitrogen and oxygen atoms in total. The van der Waals surface area contributed by atoms with Crippen LogP contribution in [0.4, 0.5) is 5.69 Å². The van der Waals surface area contributed by atoms with Crippen LogP contribution in [0.2, 0.25) is 5.02 Å². The predicted molar refractivity (Wildman–Crippen MR) is 164 cm³/mol. The molecule has 1 aliphatic carbocycles. The van der Waals surface area contributed by atoms with Crippen molar-refractivity contribution in [1.82, 2.24) is 10.2 Å². The minimum atomic E-state index is -4.19. The van der Waals surface area contributed by atoms with E-state index in [4.69, 9.17) is 16.3 Å². The Kier molecular flexibility index (Phi) is 10.3. The number of carbonyl (C=O) groups excluding carboxylic acids is 2. The monoisotopic (exact) mass is 661 g/mol. The number of hydrogen-bond donors (Lipinski definition) is 1. The van der Waals surface area contributed by atoms with Crippen molar-refractivity contribution in [2.75, 3.05) is 18.0 Å². The molecule has 4 rings (SSSR count). The molecule has 0 unspecified atom stereocenters. The van der Waals surface area contributed by atoms with E-state index < -0.39 is 28.5 Å². The van der Waals surface area contributed by atoms with E-state index in [1.165, 1.54) is 24.1 Å². The Hall–Kier alpha value is -3.08. The van der Waals surface area contributed by atoms with Crippen molar-refractivity contribution in [2.45, 2.75) is 56.1 Å². The van der Waals surface area contributed by atoms with E-state index in [9.17, 15) is 18.0 Å². The fourth-order valence-electron chi connectivity index (χ4n) is 4.82. The van der Waals surface area contributed by atoms with Crippen LogP contribution in [0.1, 0.15) is 38.2 Å². The standard InChI is InChI=1S/C30H33BrClN3O5S/c1-21(30(37)33-25-8-3-4-9-25)34(19-22-6-5-7-23(31)18-22)29(36)20-35(26-12-10-24(32)11-13-26)41(38,39)28-16-14-27(40-2)15-17-28/h5-7,10-18,21,25H,3-4,8-9,19-20H2,1-2H3,(H,33,37)/t21-/m0/s1. The number of benzene rings is 3. The molecular weight excluding hydrogens is 630 g/mol. The van der Waals surface area contributed by atoms with Crippen LogP contribution in [0.15, 0.2) is 82.2 Å². The summed E-state index contributed by atoms with van der Waals surface area (Å²) >= 11 is 9.54. The molecule has 2 amide bonds. The maximum Gasteiger partial charge on any atom is 0.264 e. The van der Waals surface area contributed by atoms with Gasteiger partial charge in [0.25, 0.3) is 10.0 Å². The van der Waals surface area contributed by atoms with Gasteiger partial charge in [0.2, 0.25) is 11.8 Å². The van der Waals surface area contributed by atoms with Gasteiger partial charge in [-0.05, 0) is 86.0 Å². The quantitative estimate of drug-likeness (QED) is 0.281. The molecule has 0 saturated heterocycles. The fourth-order valence-corrected chi connectivity index (χ4v) is 6.80. The Bertz CT molecular complexity index is 1460. The second-order valence-corrected chi connectivity index (χ2v) is 13.2. The van der Waals surface area contributed by atoms with Crippen LogP contribution in [0.5, 0.6) is 5.75 Å². The van der Waals surface area contributed by atoms with Crippen LogP contribution < -0.4 is 14.4 Å². The fraction of sp³-hybridized carbons (Fsp3) is 0.333. The zero-order chi connectivity index (χ0) is 29.6. The van der Waals surface area contributed by atoms with Crippen molar-refractivity contribution >= 4 is 55.1 Å². The van der Waals surface area contributed by atoms with E-state index in [1.54, 1.807) is 43.3 Å². The number of carbonyl (C=O) groups is 2. The molecule has 1 saturated carbocycles. The molecule has 3 aromatic rings. The van der Waals surface area contributed by atoms with Gasteiger partial charge in [-0.2, -0.15) is 0 Å². The number of anilines is 1. The van der Waals surface area contributed by atoms with Crippen LogP contribution in [0.25, 0.3) is 0 Å². The van der Waals surface area contributed by atoms with Gasteiger partial charge in [-0.15, -0.1) is 0 Å². The highest BCUT2D eigenvalue weighted by atomic mass is 79.9. The lowest BCUT2D eigenvalue weighted by Gasteiger charge is -2.32. The maximum atomic E-state index is 14.0. The lowest BCUT2D eigenvalue weighted by molar-refractivity contribution is -0.139. The highest BCUT2D eigenvalue weighted by molar-refractivity contribution is 9.10. The zero-order valence-corrected chi connectivity index (χ0v) is 26.1. The number of ether oxygens (including phenoxy) is 1. The molecule has 218 valence electrons. The van der Waals surface area contributed by atoms with E-state index in [0.29, 0.717) is 10.8 Å². The van der Waals surface area contributed by atoms with Gasteiger partial charge in [0, 0.05) is 22.1 Å². The van der Waals surface area contributed by atoms with E-state index in [1.807, 2.05) is 24.3 Å². The van der Waals surface area contributed by atoms with Crippen LogP contribution >= 0.6 is 27.5 Å². The van der Waals surface area contributed by atoms with Crippen LogP contribution in [-0.2, 0) is 26.2 Å². The summed E-state index contributed by atoms with van der Waals surface area (Å²) in [7, 11) is -2.69. The van der Waals surface area contributed by atoms with Gasteiger partial charge in [0.1, 0.15) is 18.3 Å². The van der Waals surface area contributed by atoms with Crippen molar-refractivity contribution in [1.29, 1.82) is 0 Å². The molecular formula is C30H33BrClN3O5S. The van der Waals surface area contributed by atoms with E-state index in [-0.39, 0.29) is 29.1 Å². The first-order chi connectivity index (χ1) is 19.6. The molecule has 3 aromatic carbocycles. The van der Waals surface area contributed by atoms with Crippen molar-refractivity contribution in [3.8, 4) is 5.75 Å². The molecule has 1 N–H and O–H groups in total. The topological polar surface area (TPSA) is 96.0 Å². The summed E-state index contributed by atoms with van der Waals surface area (Å²) in [6.07, 6.45) is 3.92. The highest BCUT2D eigenvalue weighted by Gasteiger charge is 2.33. The van der Waals surface area contributed by atoms with Gasteiger partial charge in [-0.3, -0.25) is 13.9 Å². The normalized spacial score (nSPS) is 14.3. The molecule has 0 spiro atoms. The minimum absolute atomic E-state index is 0.00776. The van der Waals surface area contributed by atoms with Crippen molar-refractivity contribution in [3.63, 3.8) is 0 Å². The second kappa shape index (κ2) is 13.7. The predicted octanol–water partition coefficient (Wildman–Crippen LogP) is 5.78. The second-order valence-electron chi connectivity index (χ2n) is 9.98. The van der Waals surface area contributed by atoms with Crippen molar-refractivity contribution < 1.29 is 22.7 Å². The lowest BCUT2D eigenvalue weighted by atomic mass is 10.1. The Morgan fingerprint density at radius 2 is 1.71 bits per heavy atom. The van der Waals surface area contributed by atoms with Crippen LogP contribution in [-0.4, -0.2) is 50.9 Å². The van der Waals surface area contributed by atoms with Gasteiger partial charge in [-0.1, -0.05) is 52.5 Å². The number of nitrogens with one attached hydrogen (secondary N) is 1. The molecule has 11 heteroatoms. The van der Waals surface area contributed by atoms with Crippen LogP contribution in [0, 0.1) is 0 Å². The Labute approximate surface area is 254 Å². The molecule has 0 heterocycles. The maximum absolute atomic E-state index is 14.0. The smallest absolute Gasteiger partial charge is 0.264 e. The molecule has 0 bridgehead atoms. The van der Waals surface area contributed by atoms with Gasteiger partial charge < -0.3 is 15.0 Å². The summed E-state index contributed by atoms with van der Waals surface area (Å²) in [5.41, 5.74) is 1.06. The molecule has 1 fully saturated rings. The van der Waals surface area contributed by atoms with Crippen molar-refractivity contribution in [3.05, 3.63) is 87.9 Å². The van der Waals surface area contributed by atoms with Gasteiger partial charge in [0.05, 0.1) is 17.7 Å². The van der Waals surface area contributed by atoms with E-state index >= 15 is 0 Å². The third kappa shape index (κ3) is 7.81. The minimum Gasteiger partial charge on any atom is -0.497 e. The molecule has 0 aromatic heterocycles. The van der Waals surface area contributed by atoms with E-state index in [2.05, 4.69) is 21.2 Å². The Morgan fingerprint density at radius 1 is 1.05 bits per heavy atom. The summed E-state index contributed by atoms with van der Waals surface area (Å²) in [5.74, 6) is -0.289. The third-order valence-corrected chi connectivity index (χ3v) is 9.69. The van der Waals surface area contributed by atoms with Gasteiger partial charge in [0.15, 0.2) is 0 Å². The summed E-state index contributed by atoms with van der Waals surface area (Å²) in [4.78, 5) is 28.7. The number of rotatable bonds is 11. The first kappa shape index (κ1) is 30.9. The summed E-state index contributed by atoms with van der Waals surface area (Å²) < 4.78 is 34.9. The number of nitrogens with zero attached hydrogens (tertiary/aromatic N) is 2. The first-order valence-corrected chi connectivity index (χ1v) is 16.0. The zero-order valence-electron chi connectivity index (χ0n) is 22.9. The Balaban J connectivity index is 1.68. The summed E-state index contributed by atoms with van der Waals surface area (Å²) in [5, 5.41) is 3.50. The van der Waals surface area contributed by atoms with E-state index in [0.717, 1.165) is 40.0 Å². The van der Waals surface area contributed by atoms with Crippen molar-refractivity contribution in [2.24, 2.45) is 0 Å². The average molecular weight is 663 g/mol. The number of halogens is 2. The largest absolute Gasteiger partial charge is 0.497 e. The van der Waals surface area contributed by atoms with Gasteiger partial charge >= 0.3 is 0 Å². The molecule has 0 aliphatic heterocycles. The molecule has 0 radical (unpaired) electrons. The Morgan fingerprint density at radius 3 is 2.32 bits per heavy atom. The molecule has 1 atom stereocenters. The summed E-state index contributed by atoms with van der Waals surface area (Å²) in [6.45, 7) is 1.27. The third-order valence-electron chi connectivity index (χ3n) is 7.15. The number of hydrogen-bond acceptors (Lipinski definition) is 5. The highest BCUT2D eigenvalue weighted by Crippen LogP contribution is 2.27. The van der Waals surface area contributed by atoms with Crippen LogP contribution in [0.3, 0.4) is 0 Å². The molecule has 41 heavy (non-hydrogen) atoms.